The second-order valence-electron chi connectivity index (χ2n) is 4.77. The van der Waals surface area contributed by atoms with Crippen LogP contribution in [0.5, 0.6) is 0 Å². The van der Waals surface area contributed by atoms with Crippen molar-refractivity contribution in [1.29, 1.82) is 0 Å². The molecular weight excluding hydrogens is 328 g/mol. The minimum atomic E-state index is -0.377. The summed E-state index contributed by atoms with van der Waals surface area (Å²) in [5.41, 5.74) is 1.06. The van der Waals surface area contributed by atoms with Crippen molar-refractivity contribution in [2.24, 2.45) is 0 Å². The zero-order valence-electron chi connectivity index (χ0n) is 10.8. The highest BCUT2D eigenvalue weighted by Gasteiger charge is 2.21. The van der Waals surface area contributed by atoms with Gasteiger partial charge in [0.15, 0.2) is 0 Å². The predicted octanol–water partition coefficient (Wildman–Crippen LogP) is 4.44. The Bertz CT molecular complexity index is 462. The minimum absolute atomic E-state index is 0.114. The molecule has 0 aromatic heterocycles. The van der Waals surface area contributed by atoms with E-state index in [-0.39, 0.29) is 10.6 Å². The van der Waals surface area contributed by atoms with Gasteiger partial charge in [-0.1, -0.05) is 0 Å². The van der Waals surface area contributed by atoms with Gasteiger partial charge in [0.2, 0.25) is 0 Å². The maximum Gasteiger partial charge on any atom is 0.270 e. The largest absolute Gasteiger partial charge is 0.381 e. The summed E-state index contributed by atoms with van der Waals surface area (Å²) in [5, 5.41) is 15.0. The zero-order valence-corrected chi connectivity index (χ0v) is 13.2. The van der Waals surface area contributed by atoms with Gasteiger partial charge in [-0.2, -0.15) is 11.8 Å². The number of nitrogens with one attached hydrogen (secondary N) is 1. The lowest BCUT2D eigenvalue weighted by molar-refractivity contribution is -0.384. The van der Waals surface area contributed by atoms with Crippen molar-refractivity contribution in [2.45, 2.75) is 37.0 Å². The van der Waals surface area contributed by atoms with E-state index >= 15 is 0 Å². The molecule has 1 aromatic rings. The first-order valence-corrected chi connectivity index (χ1v) is 8.41. The maximum absolute atomic E-state index is 10.7. The fraction of sp³-hybridized carbons (Fsp3) is 0.538. The van der Waals surface area contributed by atoms with Crippen LogP contribution in [0.15, 0.2) is 22.7 Å². The van der Waals surface area contributed by atoms with Crippen LogP contribution in [0.2, 0.25) is 0 Å². The van der Waals surface area contributed by atoms with Gasteiger partial charge in [0.25, 0.3) is 5.69 Å². The van der Waals surface area contributed by atoms with Gasteiger partial charge in [-0.15, -0.1) is 0 Å². The number of anilines is 1. The average Bonchev–Trinajstić information content (AvgIpc) is 2.41. The Morgan fingerprint density at radius 3 is 2.58 bits per heavy atom. The quantitative estimate of drug-likeness (QED) is 0.647. The van der Waals surface area contributed by atoms with Gasteiger partial charge in [0.05, 0.1) is 4.92 Å². The highest BCUT2D eigenvalue weighted by atomic mass is 79.9. The summed E-state index contributed by atoms with van der Waals surface area (Å²) in [6.45, 7) is 0. The molecule has 1 fully saturated rings. The molecule has 1 aliphatic rings. The standard InChI is InChI=1S/C13H17BrN2O2S/c1-19-11-5-2-9(3-6-11)15-13-7-4-10(16(17)18)8-12(13)14/h4,7-9,11,15H,2-3,5-6H2,1H3. The van der Waals surface area contributed by atoms with E-state index in [1.54, 1.807) is 18.2 Å². The Morgan fingerprint density at radius 2 is 2.05 bits per heavy atom. The topological polar surface area (TPSA) is 55.2 Å². The van der Waals surface area contributed by atoms with Crippen LogP contribution in [0.25, 0.3) is 0 Å². The van der Waals surface area contributed by atoms with Gasteiger partial charge in [-0.25, -0.2) is 0 Å². The van der Waals surface area contributed by atoms with E-state index in [2.05, 4.69) is 27.5 Å². The van der Waals surface area contributed by atoms with Gasteiger partial charge < -0.3 is 5.32 Å². The summed E-state index contributed by atoms with van der Waals surface area (Å²) in [4.78, 5) is 10.3. The van der Waals surface area contributed by atoms with Crippen LogP contribution in [-0.4, -0.2) is 22.5 Å². The van der Waals surface area contributed by atoms with Crippen LogP contribution in [0.1, 0.15) is 25.7 Å². The van der Waals surface area contributed by atoms with Crippen molar-refractivity contribution in [3.63, 3.8) is 0 Å². The average molecular weight is 345 g/mol. The molecule has 0 atom stereocenters. The predicted molar refractivity (Wildman–Crippen MR) is 84.0 cm³/mol. The third-order valence-electron chi connectivity index (χ3n) is 3.53. The molecule has 0 aliphatic heterocycles. The second kappa shape index (κ2) is 6.61. The second-order valence-corrected chi connectivity index (χ2v) is 6.77. The molecule has 0 bridgehead atoms. The SMILES string of the molecule is CSC1CCC(Nc2ccc([N+](=O)[O-])cc2Br)CC1. The van der Waals surface area contributed by atoms with E-state index in [1.165, 1.54) is 12.8 Å². The molecule has 0 radical (unpaired) electrons. The lowest BCUT2D eigenvalue weighted by Crippen LogP contribution is -2.27. The highest BCUT2D eigenvalue weighted by molar-refractivity contribution is 9.10. The first-order chi connectivity index (χ1) is 9.10. The van der Waals surface area contributed by atoms with Crippen LogP contribution < -0.4 is 5.32 Å². The van der Waals surface area contributed by atoms with Crippen molar-refractivity contribution < 1.29 is 4.92 Å². The van der Waals surface area contributed by atoms with Crippen LogP contribution in [0, 0.1) is 10.1 Å². The van der Waals surface area contributed by atoms with Crippen LogP contribution >= 0.6 is 27.7 Å². The van der Waals surface area contributed by atoms with Crippen molar-refractivity contribution in [3.05, 3.63) is 32.8 Å². The molecule has 1 aromatic carbocycles. The number of hydrogen-bond acceptors (Lipinski definition) is 4. The first kappa shape index (κ1) is 14.7. The molecule has 6 heteroatoms. The van der Waals surface area contributed by atoms with E-state index in [0.29, 0.717) is 6.04 Å². The van der Waals surface area contributed by atoms with Gasteiger partial charge in [-0.3, -0.25) is 10.1 Å². The molecule has 19 heavy (non-hydrogen) atoms. The molecule has 0 unspecified atom stereocenters. The monoisotopic (exact) mass is 344 g/mol. The molecular formula is C13H17BrN2O2S. The lowest BCUT2D eigenvalue weighted by Gasteiger charge is -2.29. The fourth-order valence-corrected chi connectivity index (χ4v) is 3.62. The zero-order chi connectivity index (χ0) is 13.8. The third kappa shape index (κ3) is 3.86. The lowest BCUT2D eigenvalue weighted by atomic mass is 9.95. The number of benzene rings is 1. The molecule has 0 saturated heterocycles. The number of thioether (sulfide) groups is 1. The Labute approximate surface area is 125 Å². The Hall–Kier alpha value is -0.750. The maximum atomic E-state index is 10.7. The molecule has 0 spiro atoms. The molecule has 0 amide bonds. The normalized spacial score (nSPS) is 23.1. The van der Waals surface area contributed by atoms with Crippen molar-refractivity contribution in [2.75, 3.05) is 11.6 Å². The van der Waals surface area contributed by atoms with E-state index in [1.807, 2.05) is 11.8 Å². The molecule has 1 aliphatic carbocycles. The number of nitrogens with zero attached hydrogens (tertiary/aromatic N) is 1. The number of nitro benzene ring substituents is 1. The smallest absolute Gasteiger partial charge is 0.270 e. The Morgan fingerprint density at radius 1 is 1.37 bits per heavy atom. The van der Waals surface area contributed by atoms with Crippen LogP contribution in [0.4, 0.5) is 11.4 Å². The number of rotatable bonds is 4. The summed E-state index contributed by atoms with van der Waals surface area (Å²) in [6.07, 6.45) is 6.97. The minimum Gasteiger partial charge on any atom is -0.381 e. The van der Waals surface area contributed by atoms with Crippen LogP contribution in [-0.2, 0) is 0 Å². The molecule has 4 nitrogen and oxygen atoms in total. The summed E-state index contributed by atoms with van der Waals surface area (Å²) >= 11 is 5.35. The molecule has 1 N–H and O–H groups in total. The Kier molecular flexibility index (Phi) is 5.10. The van der Waals surface area contributed by atoms with E-state index in [9.17, 15) is 10.1 Å². The van der Waals surface area contributed by atoms with E-state index in [0.717, 1.165) is 28.3 Å². The number of halogens is 1. The van der Waals surface area contributed by atoms with E-state index in [4.69, 9.17) is 0 Å². The van der Waals surface area contributed by atoms with Gasteiger partial charge >= 0.3 is 0 Å². The van der Waals surface area contributed by atoms with Gasteiger partial charge in [0.1, 0.15) is 0 Å². The molecule has 1 saturated carbocycles. The number of non-ortho nitro benzene ring substituents is 1. The van der Waals surface area contributed by atoms with Crippen molar-refractivity contribution in [1.82, 2.24) is 0 Å². The number of nitro groups is 1. The summed E-state index contributed by atoms with van der Waals surface area (Å²) in [5.74, 6) is 0. The van der Waals surface area contributed by atoms with E-state index < -0.39 is 0 Å². The van der Waals surface area contributed by atoms with Crippen molar-refractivity contribution >= 4 is 39.1 Å². The molecule has 2 rings (SSSR count). The molecule has 104 valence electrons. The highest BCUT2D eigenvalue weighted by Crippen LogP contribution is 2.32. The summed E-state index contributed by atoms with van der Waals surface area (Å²) in [7, 11) is 0. The molecule has 0 heterocycles. The van der Waals surface area contributed by atoms with Crippen molar-refractivity contribution in [3.8, 4) is 0 Å². The number of hydrogen-bond donors (Lipinski definition) is 1. The summed E-state index contributed by atoms with van der Waals surface area (Å²) in [6, 6.07) is 5.35. The summed E-state index contributed by atoms with van der Waals surface area (Å²) < 4.78 is 0.758. The first-order valence-electron chi connectivity index (χ1n) is 6.33. The van der Waals surface area contributed by atoms with Gasteiger partial charge in [-0.05, 0) is 53.9 Å². The van der Waals surface area contributed by atoms with Crippen LogP contribution in [0.3, 0.4) is 0 Å². The Balaban J connectivity index is 1.98. The third-order valence-corrected chi connectivity index (χ3v) is 5.32. The fourth-order valence-electron chi connectivity index (χ4n) is 2.40. The van der Waals surface area contributed by atoms with Gasteiger partial charge in [0, 0.05) is 33.6 Å².